The first-order chi connectivity index (χ1) is 19.9. The van der Waals surface area contributed by atoms with Crippen molar-refractivity contribution in [1.82, 2.24) is 0 Å². The smallest absolute Gasteiger partial charge is 0.207 e. The lowest BCUT2D eigenvalue weighted by molar-refractivity contribution is -0.0509. The molecule has 0 aromatic heterocycles. The molecule has 3 rings (SSSR count). The summed E-state index contributed by atoms with van der Waals surface area (Å²) in [7, 11) is 0. The summed E-state index contributed by atoms with van der Waals surface area (Å²) in [6.07, 6.45) is 9.19. The highest BCUT2D eigenvalue weighted by atomic mass is 16.3. The van der Waals surface area contributed by atoms with Crippen LogP contribution < -0.4 is 0 Å². The first-order valence-electron chi connectivity index (χ1n) is 14.8. The molecule has 2 atom stereocenters. The van der Waals surface area contributed by atoms with Gasteiger partial charge in [-0.2, -0.15) is 0 Å². The molecular weight excluding hydrogens is 548 g/mol. The van der Waals surface area contributed by atoms with Crippen molar-refractivity contribution in [3.8, 4) is 17.2 Å². The Kier molecular flexibility index (Phi) is 10.3. The molecule has 0 fully saturated rings. The highest BCUT2D eigenvalue weighted by Gasteiger charge is 2.51. The summed E-state index contributed by atoms with van der Waals surface area (Å²) in [5, 5.41) is 63.5. The third kappa shape index (κ3) is 7.03. The molecule has 0 unspecified atom stereocenters. The number of phenols is 3. The van der Waals surface area contributed by atoms with Crippen molar-refractivity contribution in [2.75, 3.05) is 0 Å². The number of rotatable bonds is 12. The summed E-state index contributed by atoms with van der Waals surface area (Å²) in [5.41, 5.74) is -0.443. The second kappa shape index (κ2) is 13.0. The van der Waals surface area contributed by atoms with Crippen molar-refractivity contribution in [1.29, 1.82) is 0 Å². The Morgan fingerprint density at radius 3 is 1.91 bits per heavy atom. The Labute approximate surface area is 253 Å². The molecule has 1 aliphatic rings. The number of aromatic hydroxyl groups is 3. The first kappa shape index (κ1) is 34.0. The van der Waals surface area contributed by atoms with Gasteiger partial charge in [0.2, 0.25) is 11.6 Å². The zero-order valence-corrected chi connectivity index (χ0v) is 26.3. The average Bonchev–Trinajstić information content (AvgIpc) is 2.91. The van der Waals surface area contributed by atoms with Crippen molar-refractivity contribution >= 4 is 22.3 Å². The van der Waals surface area contributed by atoms with Gasteiger partial charge < -0.3 is 30.6 Å². The maximum absolute atomic E-state index is 13.6. The van der Waals surface area contributed by atoms with Crippen LogP contribution in [0.25, 0.3) is 10.8 Å². The summed E-state index contributed by atoms with van der Waals surface area (Å²) in [4.78, 5) is 27.1. The molecule has 8 heteroatoms. The van der Waals surface area contributed by atoms with Gasteiger partial charge >= 0.3 is 0 Å². The van der Waals surface area contributed by atoms with Gasteiger partial charge in [-0.15, -0.1) is 0 Å². The van der Waals surface area contributed by atoms with E-state index in [-0.39, 0.29) is 39.6 Å². The number of carbonyl (C=O) groups excluding carboxylic acids is 2. The predicted molar refractivity (Wildman–Crippen MR) is 168 cm³/mol. The van der Waals surface area contributed by atoms with Crippen molar-refractivity contribution in [2.24, 2.45) is 0 Å². The molecule has 1 aliphatic carbocycles. The fourth-order valence-corrected chi connectivity index (χ4v) is 5.55. The van der Waals surface area contributed by atoms with E-state index in [4.69, 9.17) is 0 Å². The SMILES string of the molecule is C/C(=C\CC/C(C)=C/C[C@@]1(O)C(=O)c2c(O)cc(C)c3c(O)c(C)c(O)c(c23)C1=O)CC/C=C(\C)CC[C@@H](O)C(C)(C)O. The third-order valence-corrected chi connectivity index (χ3v) is 8.58. The van der Waals surface area contributed by atoms with Gasteiger partial charge in [-0.25, -0.2) is 0 Å². The Morgan fingerprint density at radius 2 is 1.35 bits per heavy atom. The number of allylic oxidation sites excluding steroid dienone is 5. The van der Waals surface area contributed by atoms with E-state index in [9.17, 15) is 40.2 Å². The fraction of sp³-hybridized carbons (Fsp3) is 0.486. The minimum absolute atomic E-state index is 0.0455. The lowest BCUT2D eigenvalue weighted by Crippen LogP contribution is -2.49. The summed E-state index contributed by atoms with van der Waals surface area (Å²) < 4.78 is 0. The number of aryl methyl sites for hydroxylation is 1. The number of Topliss-reactive ketones (excluding diaryl/α,β-unsaturated/α-hetero) is 2. The molecule has 234 valence electrons. The third-order valence-electron chi connectivity index (χ3n) is 8.58. The molecule has 0 saturated carbocycles. The summed E-state index contributed by atoms with van der Waals surface area (Å²) in [6, 6.07) is 1.31. The van der Waals surface area contributed by atoms with Crippen LogP contribution in [0.1, 0.15) is 111 Å². The molecule has 0 aliphatic heterocycles. The van der Waals surface area contributed by atoms with Gasteiger partial charge in [0.25, 0.3) is 0 Å². The number of aliphatic hydroxyl groups excluding tert-OH is 1. The summed E-state index contributed by atoms with van der Waals surface area (Å²) >= 11 is 0. The van der Waals surface area contributed by atoms with Gasteiger partial charge in [-0.05, 0) is 98.6 Å². The number of hydrogen-bond donors (Lipinski definition) is 6. The molecule has 2 aromatic carbocycles. The van der Waals surface area contributed by atoms with Gasteiger partial charge in [-0.1, -0.05) is 34.9 Å². The molecule has 0 bridgehead atoms. The molecular formula is C35H46O8. The molecule has 43 heavy (non-hydrogen) atoms. The Hall–Kier alpha value is -3.46. The van der Waals surface area contributed by atoms with Gasteiger partial charge in [0.15, 0.2) is 5.60 Å². The van der Waals surface area contributed by atoms with E-state index >= 15 is 0 Å². The quantitative estimate of drug-likeness (QED) is 0.122. The minimum atomic E-state index is -2.51. The maximum Gasteiger partial charge on any atom is 0.207 e. The van der Waals surface area contributed by atoms with E-state index in [1.165, 1.54) is 24.1 Å². The lowest BCUT2D eigenvalue weighted by atomic mass is 9.73. The highest BCUT2D eigenvalue weighted by molar-refractivity contribution is 6.36. The van der Waals surface area contributed by atoms with Crippen molar-refractivity contribution < 1.29 is 40.2 Å². The standard InChI is InChI=1S/C35H46O8/c1-19(10-8-12-20(2)14-15-25(37)34(6,7)42)11-9-13-21(3)16-17-35(43)32(40)27-24(36)18-22(4)26-28(27)29(33(35)41)31(39)23(5)30(26)38/h11-12,16,18,25,36-39,42-43H,8-10,13-15,17H2,1-7H3/b19-11+,20-12+,21-16+/t25-,35-/m1/s1. The highest BCUT2D eigenvalue weighted by Crippen LogP contribution is 2.49. The number of phenolic OH excluding ortho intramolecular Hbond substituents is 3. The van der Waals surface area contributed by atoms with Crippen LogP contribution in [0, 0.1) is 13.8 Å². The van der Waals surface area contributed by atoms with Crippen molar-refractivity contribution in [3.63, 3.8) is 0 Å². The molecule has 0 heterocycles. The zero-order valence-electron chi connectivity index (χ0n) is 26.3. The van der Waals surface area contributed by atoms with Gasteiger partial charge in [0, 0.05) is 22.8 Å². The second-order valence-electron chi connectivity index (χ2n) is 12.7. The molecule has 8 nitrogen and oxygen atoms in total. The van der Waals surface area contributed by atoms with E-state index in [2.05, 4.69) is 19.1 Å². The van der Waals surface area contributed by atoms with E-state index in [1.54, 1.807) is 26.8 Å². The number of benzene rings is 2. The number of hydrogen-bond acceptors (Lipinski definition) is 8. The van der Waals surface area contributed by atoms with Gasteiger partial charge in [0.1, 0.15) is 17.2 Å². The van der Waals surface area contributed by atoms with Crippen LogP contribution in [-0.2, 0) is 0 Å². The normalized spacial score (nSPS) is 19.0. The van der Waals surface area contributed by atoms with Gasteiger partial charge in [0.05, 0.1) is 22.8 Å². The summed E-state index contributed by atoms with van der Waals surface area (Å²) in [5.74, 6) is -3.16. The van der Waals surface area contributed by atoms with Crippen LogP contribution in [0.4, 0.5) is 0 Å². The molecule has 0 amide bonds. The first-order valence-corrected chi connectivity index (χ1v) is 14.8. The molecule has 6 N–H and O–H groups in total. The Balaban J connectivity index is 1.67. The topological polar surface area (TPSA) is 156 Å². The van der Waals surface area contributed by atoms with Crippen molar-refractivity contribution in [2.45, 2.75) is 111 Å². The van der Waals surface area contributed by atoms with E-state index in [1.807, 2.05) is 13.8 Å². The predicted octanol–water partition coefficient (Wildman–Crippen LogP) is 6.38. The molecule has 0 radical (unpaired) electrons. The number of aliphatic hydroxyl groups is 3. The second-order valence-corrected chi connectivity index (χ2v) is 12.7. The number of carbonyl (C=O) groups is 2. The van der Waals surface area contributed by atoms with Crippen molar-refractivity contribution in [3.05, 3.63) is 63.3 Å². The van der Waals surface area contributed by atoms with E-state index in [0.29, 0.717) is 18.4 Å². The minimum Gasteiger partial charge on any atom is -0.507 e. The fourth-order valence-electron chi connectivity index (χ4n) is 5.55. The molecule has 2 aromatic rings. The van der Waals surface area contributed by atoms with E-state index < -0.39 is 40.4 Å². The van der Waals surface area contributed by atoms with Crippen LogP contribution >= 0.6 is 0 Å². The maximum atomic E-state index is 13.6. The van der Waals surface area contributed by atoms with Crippen LogP contribution in [0.2, 0.25) is 0 Å². The van der Waals surface area contributed by atoms with Crippen LogP contribution in [0.3, 0.4) is 0 Å². The monoisotopic (exact) mass is 594 g/mol. The van der Waals surface area contributed by atoms with E-state index in [0.717, 1.165) is 31.3 Å². The van der Waals surface area contributed by atoms with Crippen LogP contribution in [0.15, 0.2) is 41.0 Å². The van der Waals surface area contributed by atoms with Crippen LogP contribution in [0.5, 0.6) is 17.2 Å². The Morgan fingerprint density at radius 1 is 0.837 bits per heavy atom. The summed E-state index contributed by atoms with van der Waals surface area (Å²) in [6.45, 7) is 12.2. The van der Waals surface area contributed by atoms with Crippen LogP contribution in [-0.4, -0.2) is 59.5 Å². The Bertz CT molecular complexity index is 1520. The average molecular weight is 595 g/mol. The molecule has 0 spiro atoms. The van der Waals surface area contributed by atoms with Gasteiger partial charge in [-0.3, -0.25) is 9.59 Å². The zero-order chi connectivity index (χ0) is 32.4. The number of ketones is 2. The largest absolute Gasteiger partial charge is 0.507 e. The molecule has 0 saturated heterocycles. The lowest BCUT2D eigenvalue weighted by Gasteiger charge is -2.32.